The van der Waals surface area contributed by atoms with Crippen molar-refractivity contribution in [1.29, 1.82) is 0 Å². The van der Waals surface area contributed by atoms with Crippen LogP contribution in [0.1, 0.15) is 11.1 Å². The van der Waals surface area contributed by atoms with Crippen LogP contribution in [0.5, 0.6) is 5.75 Å². The van der Waals surface area contributed by atoms with Gasteiger partial charge in [0.2, 0.25) is 0 Å². The minimum atomic E-state index is -0.442. The Morgan fingerprint density at radius 1 is 1.00 bits per heavy atom. The Bertz CT molecular complexity index is 888. The Balaban J connectivity index is 1.48. The fourth-order valence-corrected chi connectivity index (χ4v) is 2.47. The lowest BCUT2D eigenvalue weighted by atomic mass is 10.1. The maximum absolute atomic E-state index is 11.6. The largest absolute Gasteiger partial charge is 0.508 e. The number of amides is 1. The summed E-state index contributed by atoms with van der Waals surface area (Å²) in [6.07, 6.45) is 3.36. The first kappa shape index (κ1) is 16.6. The average molecular weight is 333 g/mol. The molecule has 2 N–H and O–H groups in total. The molecule has 25 heavy (non-hydrogen) atoms. The fourth-order valence-electron chi connectivity index (χ4n) is 2.47. The summed E-state index contributed by atoms with van der Waals surface area (Å²) >= 11 is 0. The van der Waals surface area contributed by atoms with Crippen molar-refractivity contribution in [2.24, 2.45) is 0 Å². The first-order valence-electron chi connectivity index (χ1n) is 8.04. The van der Waals surface area contributed by atoms with Crippen molar-refractivity contribution in [3.05, 3.63) is 83.9 Å². The van der Waals surface area contributed by atoms with Gasteiger partial charge in [-0.05, 0) is 40.1 Å². The van der Waals surface area contributed by atoms with Crippen LogP contribution in [-0.4, -0.2) is 17.7 Å². The van der Waals surface area contributed by atoms with Gasteiger partial charge < -0.3 is 15.2 Å². The van der Waals surface area contributed by atoms with E-state index in [9.17, 15) is 9.90 Å². The second-order valence-corrected chi connectivity index (χ2v) is 5.64. The summed E-state index contributed by atoms with van der Waals surface area (Å²) in [4.78, 5) is 11.6. The maximum Gasteiger partial charge on any atom is 0.407 e. The number of carbonyl (C=O) groups is 1. The number of ether oxygens (including phenoxy) is 1. The zero-order valence-corrected chi connectivity index (χ0v) is 13.7. The van der Waals surface area contributed by atoms with E-state index < -0.39 is 6.09 Å². The Morgan fingerprint density at radius 3 is 2.60 bits per heavy atom. The number of alkyl carbamates (subject to hydrolysis) is 1. The first-order valence-corrected chi connectivity index (χ1v) is 8.04. The van der Waals surface area contributed by atoms with Crippen LogP contribution in [-0.2, 0) is 11.3 Å². The highest BCUT2D eigenvalue weighted by Gasteiger charge is 2.00. The summed E-state index contributed by atoms with van der Waals surface area (Å²) < 4.78 is 5.14. The van der Waals surface area contributed by atoms with Gasteiger partial charge in [0, 0.05) is 6.54 Å². The van der Waals surface area contributed by atoms with Gasteiger partial charge in [-0.2, -0.15) is 0 Å². The van der Waals surface area contributed by atoms with E-state index in [1.54, 1.807) is 12.1 Å². The van der Waals surface area contributed by atoms with Crippen LogP contribution in [0.3, 0.4) is 0 Å². The topological polar surface area (TPSA) is 58.6 Å². The summed E-state index contributed by atoms with van der Waals surface area (Å²) in [5, 5.41) is 14.2. The van der Waals surface area contributed by atoms with Gasteiger partial charge in [0.05, 0.1) is 0 Å². The molecule has 0 saturated carbocycles. The van der Waals surface area contributed by atoms with Crippen LogP contribution < -0.4 is 5.32 Å². The molecule has 0 radical (unpaired) electrons. The molecule has 4 heteroatoms. The molecule has 0 spiro atoms. The molecule has 1 amide bonds. The highest BCUT2D eigenvalue weighted by atomic mass is 16.5. The van der Waals surface area contributed by atoms with Crippen molar-refractivity contribution in [1.82, 2.24) is 5.32 Å². The summed E-state index contributed by atoms with van der Waals surface area (Å²) in [7, 11) is 0. The molecule has 3 aromatic carbocycles. The van der Waals surface area contributed by atoms with E-state index in [0.717, 1.165) is 21.9 Å². The highest BCUT2D eigenvalue weighted by molar-refractivity contribution is 5.85. The molecule has 0 aliphatic heterocycles. The normalized spacial score (nSPS) is 10.9. The van der Waals surface area contributed by atoms with Gasteiger partial charge in [-0.3, -0.25) is 0 Å². The highest BCUT2D eigenvalue weighted by Crippen LogP contribution is 2.21. The van der Waals surface area contributed by atoms with Crippen LogP contribution in [0.15, 0.2) is 72.8 Å². The van der Waals surface area contributed by atoms with Gasteiger partial charge in [0.25, 0.3) is 0 Å². The molecule has 0 aliphatic rings. The van der Waals surface area contributed by atoms with Gasteiger partial charge in [0.1, 0.15) is 12.4 Å². The Kier molecular flexibility index (Phi) is 5.32. The van der Waals surface area contributed by atoms with Crippen LogP contribution in [0.2, 0.25) is 0 Å². The quantitative estimate of drug-likeness (QED) is 0.723. The maximum atomic E-state index is 11.6. The number of phenols is 1. The zero-order chi connectivity index (χ0) is 17.5. The third-order valence-electron chi connectivity index (χ3n) is 3.74. The fraction of sp³-hybridized carbons (Fsp3) is 0.0952. The molecule has 0 fully saturated rings. The predicted octanol–water partition coefficient (Wildman–Crippen LogP) is 4.49. The van der Waals surface area contributed by atoms with E-state index in [1.807, 2.05) is 66.7 Å². The van der Waals surface area contributed by atoms with Crippen molar-refractivity contribution in [3.63, 3.8) is 0 Å². The SMILES string of the molecule is O=C(NCC=Cc1ccc2cc(O)ccc2c1)OCc1ccccc1. The lowest BCUT2D eigenvalue weighted by Crippen LogP contribution is -2.24. The van der Waals surface area contributed by atoms with Crippen LogP contribution in [0, 0.1) is 0 Å². The van der Waals surface area contributed by atoms with E-state index >= 15 is 0 Å². The number of phenolic OH excluding ortho intramolecular Hbond substituents is 1. The predicted molar refractivity (Wildman–Crippen MR) is 99.3 cm³/mol. The Labute approximate surface area is 146 Å². The molecule has 3 aromatic rings. The summed E-state index contributed by atoms with van der Waals surface area (Å²) in [6, 6.07) is 20.8. The molecule has 0 aromatic heterocycles. The average Bonchev–Trinajstić information content (AvgIpc) is 2.64. The number of fused-ring (bicyclic) bond motifs is 1. The number of rotatable bonds is 5. The molecule has 3 rings (SSSR count). The molecule has 0 saturated heterocycles. The van der Waals surface area contributed by atoms with Gasteiger partial charge in [-0.15, -0.1) is 0 Å². The van der Waals surface area contributed by atoms with Crippen molar-refractivity contribution in [3.8, 4) is 5.75 Å². The van der Waals surface area contributed by atoms with Crippen molar-refractivity contribution in [2.75, 3.05) is 6.54 Å². The number of aromatic hydroxyl groups is 1. The van der Waals surface area contributed by atoms with Crippen molar-refractivity contribution in [2.45, 2.75) is 6.61 Å². The molecule has 0 bridgehead atoms. The van der Waals surface area contributed by atoms with E-state index in [4.69, 9.17) is 4.74 Å². The minimum absolute atomic E-state index is 0.258. The molecule has 0 unspecified atom stereocenters. The summed E-state index contributed by atoms with van der Waals surface area (Å²) in [5.74, 6) is 0.258. The third-order valence-corrected chi connectivity index (χ3v) is 3.74. The van der Waals surface area contributed by atoms with Crippen molar-refractivity contribution >= 4 is 22.9 Å². The number of hydrogen-bond acceptors (Lipinski definition) is 3. The Hall–Kier alpha value is -3.27. The van der Waals surface area contributed by atoms with E-state index in [1.165, 1.54) is 0 Å². The van der Waals surface area contributed by atoms with Gasteiger partial charge in [-0.1, -0.05) is 60.7 Å². The number of nitrogens with one attached hydrogen (secondary N) is 1. The smallest absolute Gasteiger partial charge is 0.407 e. The Morgan fingerprint density at radius 2 is 1.76 bits per heavy atom. The molecule has 0 aliphatic carbocycles. The van der Waals surface area contributed by atoms with E-state index in [2.05, 4.69) is 5.32 Å². The lowest BCUT2D eigenvalue weighted by molar-refractivity contribution is 0.141. The van der Waals surface area contributed by atoms with E-state index in [-0.39, 0.29) is 12.4 Å². The second-order valence-electron chi connectivity index (χ2n) is 5.64. The molecule has 0 atom stereocenters. The van der Waals surface area contributed by atoms with Gasteiger partial charge >= 0.3 is 6.09 Å². The molecular weight excluding hydrogens is 314 g/mol. The van der Waals surface area contributed by atoms with Crippen LogP contribution in [0.25, 0.3) is 16.8 Å². The summed E-state index contributed by atoms with van der Waals surface area (Å²) in [6.45, 7) is 0.648. The molecule has 4 nitrogen and oxygen atoms in total. The first-order chi connectivity index (χ1) is 12.2. The minimum Gasteiger partial charge on any atom is -0.508 e. The number of hydrogen-bond donors (Lipinski definition) is 2. The molecule has 126 valence electrons. The third kappa shape index (κ3) is 4.85. The second kappa shape index (κ2) is 8.02. The van der Waals surface area contributed by atoms with E-state index in [0.29, 0.717) is 6.54 Å². The zero-order valence-electron chi connectivity index (χ0n) is 13.7. The molecular formula is C21H19NO3. The van der Waals surface area contributed by atoms with Crippen LogP contribution >= 0.6 is 0 Å². The number of benzene rings is 3. The number of carbonyl (C=O) groups excluding carboxylic acids is 1. The monoisotopic (exact) mass is 333 g/mol. The van der Waals surface area contributed by atoms with Gasteiger partial charge in [-0.25, -0.2) is 4.79 Å². The summed E-state index contributed by atoms with van der Waals surface area (Å²) in [5.41, 5.74) is 1.98. The standard InChI is InChI=1S/C21H19NO3/c23-20-11-10-18-13-16(8-9-19(18)14-20)7-4-12-22-21(24)25-15-17-5-2-1-3-6-17/h1-11,13-14,23H,12,15H2,(H,22,24). The van der Waals surface area contributed by atoms with Crippen LogP contribution in [0.4, 0.5) is 4.79 Å². The van der Waals surface area contributed by atoms with Crippen molar-refractivity contribution < 1.29 is 14.6 Å². The molecule has 0 heterocycles. The van der Waals surface area contributed by atoms with Gasteiger partial charge in [0.15, 0.2) is 0 Å². The lowest BCUT2D eigenvalue weighted by Gasteiger charge is -2.05.